The largest absolute Gasteiger partial charge is 0.325 e. The fourth-order valence-corrected chi connectivity index (χ4v) is 2.38. The van der Waals surface area contributed by atoms with Crippen LogP contribution in [0.5, 0.6) is 0 Å². The number of nitrogens with zero attached hydrogens (tertiary/aromatic N) is 2. The van der Waals surface area contributed by atoms with Crippen LogP contribution in [0.3, 0.4) is 0 Å². The lowest BCUT2D eigenvalue weighted by Crippen LogP contribution is -2.43. The average Bonchev–Trinajstić information content (AvgIpc) is 2.63. The van der Waals surface area contributed by atoms with Gasteiger partial charge in [-0.3, -0.25) is 14.7 Å². The molecule has 1 aliphatic heterocycles. The van der Waals surface area contributed by atoms with Gasteiger partial charge in [-0.1, -0.05) is 17.7 Å². The van der Waals surface area contributed by atoms with Gasteiger partial charge in [0.05, 0.1) is 6.54 Å². The second-order valence-corrected chi connectivity index (χ2v) is 5.83. The van der Waals surface area contributed by atoms with Crippen molar-refractivity contribution in [3.05, 3.63) is 41.7 Å². The topological polar surface area (TPSA) is 62.3 Å². The Bertz CT molecular complexity index is 564. The van der Waals surface area contributed by atoms with Crippen molar-refractivity contribution in [3.63, 3.8) is 0 Å². The standard InChI is InChI=1S/C16H21N3O2/c1-12(2)6-4-8-16(3)14(20)19(15(21)18-16)11-13-7-5-9-17-10-13/h5-7,9-10H,4,8,11H2,1-3H3,(H,18,21). The van der Waals surface area contributed by atoms with Crippen LogP contribution in [-0.4, -0.2) is 27.4 Å². The van der Waals surface area contributed by atoms with Crippen molar-refractivity contribution in [2.75, 3.05) is 0 Å². The molecule has 1 aromatic heterocycles. The second-order valence-electron chi connectivity index (χ2n) is 5.83. The summed E-state index contributed by atoms with van der Waals surface area (Å²) in [5.74, 6) is -0.168. The van der Waals surface area contributed by atoms with Gasteiger partial charge >= 0.3 is 6.03 Å². The summed E-state index contributed by atoms with van der Waals surface area (Å²) in [6.45, 7) is 6.09. The van der Waals surface area contributed by atoms with Crippen LogP contribution >= 0.6 is 0 Å². The maximum atomic E-state index is 12.5. The lowest BCUT2D eigenvalue weighted by Gasteiger charge is -2.21. The summed E-state index contributed by atoms with van der Waals surface area (Å²) in [4.78, 5) is 29.8. The van der Waals surface area contributed by atoms with Gasteiger partial charge in [0, 0.05) is 12.4 Å². The number of hydrogen-bond acceptors (Lipinski definition) is 3. The fourth-order valence-electron chi connectivity index (χ4n) is 2.38. The number of aromatic nitrogens is 1. The van der Waals surface area contributed by atoms with E-state index in [-0.39, 0.29) is 18.5 Å². The minimum absolute atomic E-state index is 0.168. The van der Waals surface area contributed by atoms with Gasteiger partial charge in [0.2, 0.25) is 0 Å². The maximum absolute atomic E-state index is 12.5. The number of amides is 3. The summed E-state index contributed by atoms with van der Waals surface area (Å²) in [5, 5.41) is 2.81. The Balaban J connectivity index is 2.07. The minimum Gasteiger partial charge on any atom is -0.323 e. The zero-order chi connectivity index (χ0) is 15.5. The number of nitrogens with one attached hydrogen (secondary N) is 1. The first kappa shape index (κ1) is 15.2. The number of imide groups is 1. The molecule has 112 valence electrons. The number of urea groups is 1. The van der Waals surface area contributed by atoms with E-state index in [1.165, 1.54) is 10.5 Å². The van der Waals surface area contributed by atoms with Crippen LogP contribution in [0.1, 0.15) is 39.2 Å². The zero-order valence-electron chi connectivity index (χ0n) is 12.7. The van der Waals surface area contributed by atoms with Gasteiger partial charge in [-0.25, -0.2) is 4.79 Å². The quantitative estimate of drug-likeness (QED) is 0.669. The van der Waals surface area contributed by atoms with E-state index in [0.717, 1.165) is 12.0 Å². The van der Waals surface area contributed by atoms with E-state index < -0.39 is 5.54 Å². The monoisotopic (exact) mass is 287 g/mol. The average molecular weight is 287 g/mol. The van der Waals surface area contributed by atoms with Crippen LogP contribution in [0.15, 0.2) is 36.2 Å². The highest BCUT2D eigenvalue weighted by Gasteiger charge is 2.46. The van der Waals surface area contributed by atoms with Crippen molar-refractivity contribution in [1.82, 2.24) is 15.2 Å². The van der Waals surface area contributed by atoms with Gasteiger partial charge in [0.25, 0.3) is 5.91 Å². The Labute approximate surface area is 125 Å². The van der Waals surface area contributed by atoms with Crippen molar-refractivity contribution in [2.45, 2.75) is 45.7 Å². The first-order chi connectivity index (χ1) is 9.92. The third-order valence-corrected chi connectivity index (χ3v) is 3.61. The summed E-state index contributed by atoms with van der Waals surface area (Å²) in [6.07, 6.45) is 6.78. The molecule has 0 saturated carbocycles. The Morgan fingerprint density at radius 1 is 1.43 bits per heavy atom. The molecule has 1 atom stereocenters. The molecule has 1 N–H and O–H groups in total. The van der Waals surface area contributed by atoms with E-state index in [1.807, 2.05) is 19.9 Å². The molecular formula is C16H21N3O2. The highest BCUT2D eigenvalue weighted by Crippen LogP contribution is 2.24. The van der Waals surface area contributed by atoms with Gasteiger partial charge in [0.1, 0.15) is 5.54 Å². The van der Waals surface area contributed by atoms with Crippen LogP contribution in [0.2, 0.25) is 0 Å². The van der Waals surface area contributed by atoms with Crippen molar-refractivity contribution < 1.29 is 9.59 Å². The lowest BCUT2D eigenvalue weighted by atomic mass is 9.95. The number of pyridine rings is 1. The van der Waals surface area contributed by atoms with Crippen molar-refractivity contribution >= 4 is 11.9 Å². The molecule has 1 aliphatic rings. The molecule has 1 fully saturated rings. The van der Waals surface area contributed by atoms with Crippen LogP contribution < -0.4 is 5.32 Å². The SMILES string of the molecule is CC(C)=CCCC1(C)NC(=O)N(Cc2cccnc2)C1=O. The van der Waals surface area contributed by atoms with E-state index in [4.69, 9.17) is 0 Å². The Morgan fingerprint density at radius 3 is 2.81 bits per heavy atom. The summed E-state index contributed by atoms with van der Waals surface area (Å²) in [6, 6.07) is 3.32. The number of allylic oxidation sites excluding steroid dienone is 2. The normalized spacial score (nSPS) is 21.4. The van der Waals surface area contributed by atoms with Gasteiger partial charge < -0.3 is 5.32 Å². The zero-order valence-corrected chi connectivity index (χ0v) is 12.7. The highest BCUT2D eigenvalue weighted by molar-refractivity contribution is 6.06. The Morgan fingerprint density at radius 2 is 2.19 bits per heavy atom. The first-order valence-electron chi connectivity index (χ1n) is 7.09. The number of carbonyl (C=O) groups is 2. The molecule has 1 saturated heterocycles. The number of hydrogen-bond donors (Lipinski definition) is 1. The maximum Gasteiger partial charge on any atom is 0.325 e. The highest BCUT2D eigenvalue weighted by atomic mass is 16.2. The number of rotatable bonds is 5. The molecule has 0 spiro atoms. The van der Waals surface area contributed by atoms with Gasteiger partial charge in [-0.15, -0.1) is 0 Å². The van der Waals surface area contributed by atoms with Crippen molar-refractivity contribution in [3.8, 4) is 0 Å². The van der Waals surface area contributed by atoms with Crippen LogP contribution in [0, 0.1) is 0 Å². The molecular weight excluding hydrogens is 266 g/mol. The molecule has 5 heteroatoms. The van der Waals surface area contributed by atoms with Crippen molar-refractivity contribution in [1.29, 1.82) is 0 Å². The van der Waals surface area contributed by atoms with E-state index >= 15 is 0 Å². The molecule has 2 heterocycles. The van der Waals surface area contributed by atoms with E-state index in [9.17, 15) is 9.59 Å². The van der Waals surface area contributed by atoms with Gasteiger partial charge in [-0.05, 0) is 45.2 Å². The summed E-state index contributed by atoms with van der Waals surface area (Å²) in [5.41, 5.74) is 1.24. The van der Waals surface area contributed by atoms with E-state index in [1.54, 1.807) is 25.4 Å². The predicted molar refractivity (Wildman–Crippen MR) is 80.4 cm³/mol. The second kappa shape index (κ2) is 6.08. The minimum atomic E-state index is -0.814. The lowest BCUT2D eigenvalue weighted by molar-refractivity contribution is -0.131. The molecule has 2 rings (SSSR count). The molecule has 3 amide bonds. The molecule has 5 nitrogen and oxygen atoms in total. The smallest absolute Gasteiger partial charge is 0.323 e. The fraction of sp³-hybridized carbons (Fsp3) is 0.438. The molecule has 0 bridgehead atoms. The van der Waals surface area contributed by atoms with Crippen LogP contribution in [-0.2, 0) is 11.3 Å². The Hall–Kier alpha value is -2.17. The molecule has 0 radical (unpaired) electrons. The Kier molecular flexibility index (Phi) is 4.40. The van der Waals surface area contributed by atoms with E-state index in [0.29, 0.717) is 6.42 Å². The summed E-state index contributed by atoms with van der Waals surface area (Å²) >= 11 is 0. The third-order valence-electron chi connectivity index (χ3n) is 3.61. The van der Waals surface area contributed by atoms with Crippen LogP contribution in [0.25, 0.3) is 0 Å². The van der Waals surface area contributed by atoms with Gasteiger partial charge in [-0.2, -0.15) is 0 Å². The number of carbonyl (C=O) groups excluding carboxylic acids is 2. The van der Waals surface area contributed by atoms with E-state index in [2.05, 4.69) is 16.4 Å². The van der Waals surface area contributed by atoms with Gasteiger partial charge in [0.15, 0.2) is 0 Å². The molecule has 0 aromatic carbocycles. The predicted octanol–water partition coefficient (Wildman–Crippen LogP) is 2.64. The molecule has 21 heavy (non-hydrogen) atoms. The third kappa shape index (κ3) is 3.48. The molecule has 1 aromatic rings. The molecule has 0 aliphatic carbocycles. The summed E-state index contributed by atoms with van der Waals surface area (Å²) < 4.78 is 0. The van der Waals surface area contributed by atoms with Crippen LogP contribution in [0.4, 0.5) is 4.79 Å². The molecule has 1 unspecified atom stereocenters. The summed E-state index contributed by atoms with van der Waals surface area (Å²) in [7, 11) is 0. The first-order valence-corrected chi connectivity index (χ1v) is 7.09. The van der Waals surface area contributed by atoms with Crippen molar-refractivity contribution in [2.24, 2.45) is 0 Å².